The Bertz CT molecular complexity index is 481. The summed E-state index contributed by atoms with van der Waals surface area (Å²) in [6, 6.07) is 0. The molecule has 2 heterocycles. The van der Waals surface area contributed by atoms with Crippen LogP contribution in [-0.4, -0.2) is 31.9 Å². The zero-order valence-electron chi connectivity index (χ0n) is 9.39. The molecule has 1 fully saturated rings. The zero-order valence-corrected chi connectivity index (χ0v) is 9.39. The molecule has 0 amide bonds. The Morgan fingerprint density at radius 2 is 2.35 bits per heavy atom. The van der Waals surface area contributed by atoms with Gasteiger partial charge in [0.1, 0.15) is 6.33 Å². The third-order valence-corrected chi connectivity index (χ3v) is 3.47. The van der Waals surface area contributed by atoms with Gasteiger partial charge in [0.05, 0.1) is 0 Å². The summed E-state index contributed by atoms with van der Waals surface area (Å²) in [7, 11) is 0. The van der Waals surface area contributed by atoms with Crippen molar-refractivity contribution in [3.63, 3.8) is 0 Å². The third kappa shape index (κ3) is 1.82. The monoisotopic (exact) mass is 234 g/mol. The van der Waals surface area contributed by atoms with E-state index in [4.69, 9.17) is 10.3 Å². The molecule has 2 aromatic heterocycles. The van der Waals surface area contributed by atoms with Gasteiger partial charge in [-0.2, -0.15) is 10.1 Å². The Kier molecular flexibility index (Phi) is 2.40. The summed E-state index contributed by atoms with van der Waals surface area (Å²) < 4.78 is 5.22. The molecule has 0 unspecified atom stereocenters. The summed E-state index contributed by atoms with van der Waals surface area (Å²) in [6.45, 7) is 0.674. The highest BCUT2D eigenvalue weighted by Gasteiger charge is 2.37. The number of aromatic amines is 1. The Balaban J connectivity index is 1.77. The van der Waals surface area contributed by atoms with Crippen molar-refractivity contribution in [2.24, 2.45) is 11.1 Å². The highest BCUT2D eigenvalue weighted by molar-refractivity contribution is 5.39. The SMILES string of the molecule is NCC1(Cc2nc(-c3ncn[nH]3)no2)CCC1. The highest BCUT2D eigenvalue weighted by Crippen LogP contribution is 2.42. The molecule has 0 radical (unpaired) electrons. The summed E-state index contributed by atoms with van der Waals surface area (Å²) in [4.78, 5) is 8.27. The van der Waals surface area contributed by atoms with Crippen LogP contribution in [0, 0.1) is 5.41 Å². The minimum Gasteiger partial charge on any atom is -0.339 e. The van der Waals surface area contributed by atoms with Gasteiger partial charge in [0.25, 0.3) is 0 Å². The second-order valence-corrected chi connectivity index (χ2v) is 4.58. The molecule has 3 rings (SSSR count). The van der Waals surface area contributed by atoms with Crippen LogP contribution in [0.4, 0.5) is 0 Å². The van der Waals surface area contributed by atoms with Crippen LogP contribution in [0.5, 0.6) is 0 Å². The number of H-pyrrole nitrogens is 1. The molecule has 0 aromatic carbocycles. The van der Waals surface area contributed by atoms with Gasteiger partial charge in [-0.15, -0.1) is 0 Å². The van der Waals surface area contributed by atoms with Gasteiger partial charge in [-0.1, -0.05) is 11.6 Å². The van der Waals surface area contributed by atoms with Crippen LogP contribution in [0.2, 0.25) is 0 Å². The van der Waals surface area contributed by atoms with Gasteiger partial charge in [-0.05, 0) is 24.8 Å². The van der Waals surface area contributed by atoms with Crippen LogP contribution in [0.3, 0.4) is 0 Å². The second kappa shape index (κ2) is 3.92. The lowest BCUT2D eigenvalue weighted by molar-refractivity contribution is 0.129. The maximum absolute atomic E-state index is 5.80. The topological polar surface area (TPSA) is 107 Å². The van der Waals surface area contributed by atoms with Gasteiger partial charge in [-0.3, -0.25) is 5.10 Å². The predicted octanol–water partition coefficient (Wildman–Crippen LogP) is 0.526. The van der Waals surface area contributed by atoms with E-state index in [-0.39, 0.29) is 5.41 Å². The normalized spacial score (nSPS) is 17.9. The van der Waals surface area contributed by atoms with E-state index in [0.717, 1.165) is 19.3 Å². The van der Waals surface area contributed by atoms with Crippen LogP contribution >= 0.6 is 0 Å². The molecule has 0 atom stereocenters. The van der Waals surface area contributed by atoms with Gasteiger partial charge < -0.3 is 10.3 Å². The quantitative estimate of drug-likeness (QED) is 0.799. The maximum atomic E-state index is 5.80. The smallest absolute Gasteiger partial charge is 0.239 e. The standard InChI is InChI=1S/C10H14N6O/c11-5-10(2-1-3-10)4-7-14-9(16-17-7)8-12-6-13-15-8/h6H,1-5,11H2,(H,12,13,15). The van der Waals surface area contributed by atoms with Crippen LogP contribution < -0.4 is 5.73 Å². The Morgan fingerprint density at radius 3 is 2.94 bits per heavy atom. The van der Waals surface area contributed by atoms with Crippen molar-refractivity contribution in [3.05, 3.63) is 12.2 Å². The van der Waals surface area contributed by atoms with Gasteiger partial charge >= 0.3 is 0 Å². The predicted molar refractivity (Wildman–Crippen MR) is 58.7 cm³/mol. The third-order valence-electron chi connectivity index (χ3n) is 3.47. The molecule has 0 aliphatic heterocycles. The van der Waals surface area contributed by atoms with Crippen LogP contribution in [0.15, 0.2) is 10.9 Å². The van der Waals surface area contributed by atoms with Crippen LogP contribution in [0.1, 0.15) is 25.2 Å². The second-order valence-electron chi connectivity index (χ2n) is 4.58. The number of nitrogens with zero attached hydrogens (tertiary/aromatic N) is 4. The first-order valence-corrected chi connectivity index (χ1v) is 5.70. The average molecular weight is 234 g/mol. The van der Waals surface area contributed by atoms with Gasteiger partial charge in [0.2, 0.25) is 11.7 Å². The minimum absolute atomic E-state index is 0.172. The van der Waals surface area contributed by atoms with E-state index >= 15 is 0 Å². The van der Waals surface area contributed by atoms with Crippen LogP contribution in [-0.2, 0) is 6.42 Å². The van der Waals surface area contributed by atoms with Crippen molar-refractivity contribution >= 4 is 0 Å². The van der Waals surface area contributed by atoms with E-state index < -0.39 is 0 Å². The first kappa shape index (κ1) is 10.4. The van der Waals surface area contributed by atoms with Crippen molar-refractivity contribution in [2.75, 3.05) is 6.54 Å². The molecule has 3 N–H and O–H groups in total. The molecule has 7 heteroatoms. The van der Waals surface area contributed by atoms with Crippen molar-refractivity contribution < 1.29 is 4.52 Å². The highest BCUT2D eigenvalue weighted by atomic mass is 16.5. The number of hydrogen-bond acceptors (Lipinski definition) is 6. The fourth-order valence-corrected chi connectivity index (χ4v) is 2.19. The Hall–Kier alpha value is -1.76. The number of nitrogens with one attached hydrogen (secondary N) is 1. The molecule has 90 valence electrons. The number of hydrogen-bond donors (Lipinski definition) is 2. The maximum Gasteiger partial charge on any atom is 0.239 e. The molecule has 1 saturated carbocycles. The van der Waals surface area contributed by atoms with Crippen molar-refractivity contribution in [1.82, 2.24) is 25.3 Å². The van der Waals surface area contributed by atoms with E-state index in [1.165, 1.54) is 12.7 Å². The van der Waals surface area contributed by atoms with Crippen molar-refractivity contribution in [2.45, 2.75) is 25.7 Å². The molecule has 0 bridgehead atoms. The molecule has 1 aliphatic rings. The lowest BCUT2D eigenvalue weighted by Gasteiger charge is -2.39. The molecule has 17 heavy (non-hydrogen) atoms. The molecule has 0 spiro atoms. The lowest BCUT2D eigenvalue weighted by atomic mass is 9.67. The average Bonchev–Trinajstić information content (AvgIpc) is 2.94. The van der Waals surface area contributed by atoms with Gasteiger partial charge in [-0.25, -0.2) is 4.98 Å². The molecule has 0 saturated heterocycles. The Morgan fingerprint density at radius 1 is 1.47 bits per heavy atom. The van der Waals surface area contributed by atoms with E-state index in [0.29, 0.717) is 24.1 Å². The number of rotatable bonds is 4. The molecule has 2 aromatic rings. The molecular weight excluding hydrogens is 220 g/mol. The summed E-state index contributed by atoms with van der Waals surface area (Å²) in [6.07, 6.45) is 5.69. The van der Waals surface area contributed by atoms with E-state index in [9.17, 15) is 0 Å². The van der Waals surface area contributed by atoms with E-state index in [2.05, 4.69) is 25.3 Å². The number of aromatic nitrogens is 5. The van der Waals surface area contributed by atoms with Crippen molar-refractivity contribution in [3.8, 4) is 11.6 Å². The summed E-state index contributed by atoms with van der Waals surface area (Å²) in [5.41, 5.74) is 5.97. The van der Waals surface area contributed by atoms with Gasteiger partial charge in [0, 0.05) is 6.42 Å². The lowest BCUT2D eigenvalue weighted by Crippen LogP contribution is -2.39. The fraction of sp³-hybridized carbons (Fsp3) is 0.600. The Labute approximate surface area is 97.8 Å². The molecular formula is C10H14N6O. The number of nitrogens with two attached hydrogens (primary N) is 1. The zero-order chi connectivity index (χ0) is 11.7. The molecule has 1 aliphatic carbocycles. The summed E-state index contributed by atoms with van der Waals surface area (Å²) in [5, 5.41) is 10.3. The first-order chi connectivity index (χ1) is 8.31. The summed E-state index contributed by atoms with van der Waals surface area (Å²) in [5.74, 6) is 1.60. The van der Waals surface area contributed by atoms with E-state index in [1.54, 1.807) is 0 Å². The van der Waals surface area contributed by atoms with Gasteiger partial charge in [0.15, 0.2) is 5.82 Å². The van der Waals surface area contributed by atoms with Crippen molar-refractivity contribution in [1.29, 1.82) is 0 Å². The fourth-order valence-electron chi connectivity index (χ4n) is 2.19. The van der Waals surface area contributed by atoms with E-state index in [1.807, 2.05) is 0 Å². The largest absolute Gasteiger partial charge is 0.339 e. The minimum atomic E-state index is 0.172. The first-order valence-electron chi connectivity index (χ1n) is 5.70. The summed E-state index contributed by atoms with van der Waals surface area (Å²) >= 11 is 0. The molecule has 7 nitrogen and oxygen atoms in total. The van der Waals surface area contributed by atoms with Crippen LogP contribution in [0.25, 0.3) is 11.6 Å².